The molecule has 1 saturated heterocycles. The van der Waals surface area contributed by atoms with Crippen LogP contribution in [-0.4, -0.2) is 54.5 Å². The van der Waals surface area contributed by atoms with Crippen molar-refractivity contribution in [3.05, 3.63) is 54.1 Å². The second-order valence-corrected chi connectivity index (χ2v) is 6.14. The number of carbonyl (C=O) groups excluding carboxylic acids is 2. The van der Waals surface area contributed by atoms with Gasteiger partial charge in [-0.3, -0.25) is 4.79 Å². The van der Waals surface area contributed by atoms with E-state index < -0.39 is 0 Å². The number of ether oxygens (including phenoxy) is 1. The van der Waals surface area contributed by atoms with Crippen LogP contribution in [0.5, 0.6) is 0 Å². The maximum absolute atomic E-state index is 12.4. The summed E-state index contributed by atoms with van der Waals surface area (Å²) in [6, 6.07) is 7.13. The number of aromatic nitrogens is 1. The molecule has 0 saturated carbocycles. The van der Waals surface area contributed by atoms with E-state index in [4.69, 9.17) is 9.15 Å². The van der Waals surface area contributed by atoms with Crippen molar-refractivity contribution in [2.75, 3.05) is 37.7 Å². The first-order valence-electron chi connectivity index (χ1n) is 9.06. The molecule has 142 valence electrons. The van der Waals surface area contributed by atoms with Gasteiger partial charge in [-0.1, -0.05) is 0 Å². The molecule has 0 spiro atoms. The van der Waals surface area contributed by atoms with Gasteiger partial charge in [-0.05, 0) is 43.7 Å². The van der Waals surface area contributed by atoms with Crippen LogP contribution < -0.4 is 4.90 Å². The van der Waals surface area contributed by atoms with Crippen LogP contribution in [0.4, 0.5) is 5.82 Å². The lowest BCUT2D eigenvalue weighted by atomic mass is 10.2. The van der Waals surface area contributed by atoms with Crippen LogP contribution in [0.2, 0.25) is 0 Å². The van der Waals surface area contributed by atoms with E-state index in [1.165, 1.54) is 6.20 Å². The zero-order valence-corrected chi connectivity index (χ0v) is 15.3. The number of pyridine rings is 1. The predicted molar refractivity (Wildman–Crippen MR) is 101 cm³/mol. The van der Waals surface area contributed by atoms with Gasteiger partial charge in [0.05, 0.1) is 18.4 Å². The van der Waals surface area contributed by atoms with Gasteiger partial charge in [0.25, 0.3) is 0 Å². The van der Waals surface area contributed by atoms with Gasteiger partial charge < -0.3 is 19.0 Å². The third-order valence-electron chi connectivity index (χ3n) is 4.32. The van der Waals surface area contributed by atoms with Gasteiger partial charge in [-0.15, -0.1) is 0 Å². The normalized spacial score (nSPS) is 15.0. The molecule has 0 aliphatic carbocycles. The summed E-state index contributed by atoms with van der Waals surface area (Å²) in [7, 11) is 0. The standard InChI is InChI=1S/C20H23N3O4/c1-2-26-20(25)16-6-8-18(21-15-16)22-10-4-11-23(13-12-22)19(24)9-7-17-5-3-14-27-17/h3,5-9,14-15H,2,4,10-13H2,1H3/b9-7+. The fourth-order valence-electron chi connectivity index (χ4n) is 2.92. The molecule has 0 radical (unpaired) electrons. The zero-order valence-electron chi connectivity index (χ0n) is 15.3. The Labute approximate surface area is 158 Å². The predicted octanol–water partition coefficient (Wildman–Crippen LogP) is 2.60. The maximum atomic E-state index is 12.4. The van der Waals surface area contributed by atoms with Crippen LogP contribution >= 0.6 is 0 Å². The fraction of sp³-hybridized carbons (Fsp3) is 0.350. The van der Waals surface area contributed by atoms with E-state index in [2.05, 4.69) is 9.88 Å². The minimum absolute atomic E-state index is 0.0288. The summed E-state index contributed by atoms with van der Waals surface area (Å²) in [6.07, 6.45) is 7.19. The highest BCUT2D eigenvalue weighted by Crippen LogP contribution is 2.15. The summed E-state index contributed by atoms with van der Waals surface area (Å²) in [6.45, 7) is 4.91. The molecule has 0 atom stereocenters. The molecule has 2 aromatic rings. The van der Waals surface area contributed by atoms with Crippen LogP contribution in [0.1, 0.15) is 29.5 Å². The molecule has 1 amide bonds. The number of hydrogen-bond acceptors (Lipinski definition) is 6. The molecule has 0 aromatic carbocycles. The summed E-state index contributed by atoms with van der Waals surface area (Å²) < 4.78 is 10.2. The van der Waals surface area contributed by atoms with Gasteiger partial charge in [0, 0.05) is 38.5 Å². The Morgan fingerprint density at radius 3 is 2.81 bits per heavy atom. The third kappa shape index (κ3) is 4.97. The maximum Gasteiger partial charge on any atom is 0.339 e. The number of nitrogens with zero attached hydrogens (tertiary/aromatic N) is 3. The molecule has 7 nitrogen and oxygen atoms in total. The van der Waals surface area contributed by atoms with Crippen LogP contribution in [-0.2, 0) is 9.53 Å². The third-order valence-corrected chi connectivity index (χ3v) is 4.32. The van der Waals surface area contributed by atoms with Crippen molar-refractivity contribution in [3.8, 4) is 0 Å². The van der Waals surface area contributed by atoms with Crippen LogP contribution in [0.15, 0.2) is 47.2 Å². The lowest BCUT2D eigenvalue weighted by molar-refractivity contribution is -0.125. The number of amides is 1. The molecule has 3 rings (SSSR count). The Hall–Kier alpha value is -3.09. The Bertz CT molecular complexity index is 784. The van der Waals surface area contributed by atoms with E-state index in [0.29, 0.717) is 37.6 Å². The average molecular weight is 369 g/mol. The van der Waals surface area contributed by atoms with Crippen molar-refractivity contribution >= 4 is 23.8 Å². The molecule has 1 aliphatic rings. The Balaban J connectivity index is 1.58. The molecule has 0 unspecified atom stereocenters. The molecule has 7 heteroatoms. The minimum atomic E-state index is -0.368. The van der Waals surface area contributed by atoms with Gasteiger partial charge in [0.1, 0.15) is 11.6 Å². The topological polar surface area (TPSA) is 75.9 Å². The van der Waals surface area contributed by atoms with Crippen molar-refractivity contribution in [1.82, 2.24) is 9.88 Å². The number of carbonyl (C=O) groups is 2. The van der Waals surface area contributed by atoms with Gasteiger partial charge in [-0.2, -0.15) is 0 Å². The first-order chi connectivity index (χ1) is 13.2. The van der Waals surface area contributed by atoms with E-state index >= 15 is 0 Å². The molecule has 3 heterocycles. The molecular weight excluding hydrogens is 346 g/mol. The summed E-state index contributed by atoms with van der Waals surface area (Å²) in [5.74, 6) is 1.06. The van der Waals surface area contributed by atoms with Gasteiger partial charge in [-0.25, -0.2) is 9.78 Å². The minimum Gasteiger partial charge on any atom is -0.465 e. The molecule has 2 aromatic heterocycles. The first kappa shape index (κ1) is 18.7. The molecule has 27 heavy (non-hydrogen) atoms. The van der Waals surface area contributed by atoms with E-state index in [0.717, 1.165) is 18.8 Å². The molecule has 0 bridgehead atoms. The quantitative estimate of drug-likeness (QED) is 0.596. The lowest BCUT2D eigenvalue weighted by Gasteiger charge is -2.22. The number of anilines is 1. The van der Waals surface area contributed by atoms with E-state index in [1.54, 1.807) is 43.5 Å². The number of hydrogen-bond donors (Lipinski definition) is 0. The van der Waals surface area contributed by atoms with Gasteiger partial charge >= 0.3 is 5.97 Å². The second kappa shape index (κ2) is 9.02. The fourth-order valence-corrected chi connectivity index (χ4v) is 2.92. The summed E-state index contributed by atoms with van der Waals surface area (Å²) in [5.41, 5.74) is 0.440. The molecule has 1 fully saturated rings. The molecular formula is C20H23N3O4. The number of furan rings is 1. The Morgan fingerprint density at radius 2 is 2.11 bits per heavy atom. The number of rotatable bonds is 5. The Morgan fingerprint density at radius 1 is 1.22 bits per heavy atom. The van der Waals surface area contributed by atoms with Crippen molar-refractivity contribution in [2.24, 2.45) is 0 Å². The zero-order chi connectivity index (χ0) is 19.1. The SMILES string of the molecule is CCOC(=O)c1ccc(N2CCCN(C(=O)/C=C/c3ccco3)CC2)nc1. The van der Waals surface area contributed by atoms with Crippen molar-refractivity contribution in [3.63, 3.8) is 0 Å². The van der Waals surface area contributed by atoms with E-state index in [9.17, 15) is 9.59 Å². The van der Waals surface area contributed by atoms with Crippen molar-refractivity contribution in [2.45, 2.75) is 13.3 Å². The van der Waals surface area contributed by atoms with Crippen molar-refractivity contribution < 1.29 is 18.7 Å². The van der Waals surface area contributed by atoms with Crippen LogP contribution in [0.3, 0.4) is 0 Å². The highest BCUT2D eigenvalue weighted by atomic mass is 16.5. The van der Waals surface area contributed by atoms with Crippen molar-refractivity contribution in [1.29, 1.82) is 0 Å². The monoisotopic (exact) mass is 369 g/mol. The first-order valence-corrected chi connectivity index (χ1v) is 9.06. The van der Waals surface area contributed by atoms with Gasteiger partial charge in [0.2, 0.25) is 5.91 Å². The highest BCUT2D eigenvalue weighted by Gasteiger charge is 2.19. The van der Waals surface area contributed by atoms with Crippen LogP contribution in [0.25, 0.3) is 6.08 Å². The van der Waals surface area contributed by atoms with Gasteiger partial charge in [0.15, 0.2) is 0 Å². The lowest BCUT2D eigenvalue weighted by Crippen LogP contribution is -2.34. The summed E-state index contributed by atoms with van der Waals surface area (Å²) in [4.78, 5) is 32.4. The molecule has 0 N–H and O–H groups in total. The second-order valence-electron chi connectivity index (χ2n) is 6.14. The summed E-state index contributed by atoms with van der Waals surface area (Å²) >= 11 is 0. The Kier molecular flexibility index (Phi) is 6.25. The largest absolute Gasteiger partial charge is 0.465 e. The number of esters is 1. The average Bonchev–Trinajstić information content (AvgIpc) is 3.09. The van der Waals surface area contributed by atoms with E-state index in [-0.39, 0.29) is 11.9 Å². The highest BCUT2D eigenvalue weighted by molar-refractivity contribution is 5.91. The summed E-state index contributed by atoms with van der Waals surface area (Å²) in [5, 5.41) is 0. The van der Waals surface area contributed by atoms with Crippen LogP contribution in [0, 0.1) is 0 Å². The van der Waals surface area contributed by atoms with E-state index in [1.807, 2.05) is 11.0 Å². The smallest absolute Gasteiger partial charge is 0.339 e. The molecule has 1 aliphatic heterocycles.